The molecule has 5 heteroatoms. The number of aromatic nitrogens is 2. The number of hydrogen-bond acceptors (Lipinski definition) is 4. The third kappa shape index (κ3) is 3.53. The molecule has 0 aliphatic heterocycles. The quantitative estimate of drug-likeness (QED) is 0.584. The molecular formula is C10H16N4O. The molecule has 1 rings (SSSR count). The van der Waals surface area contributed by atoms with E-state index in [1.165, 1.54) is 6.07 Å². The molecule has 1 aromatic heterocycles. The van der Waals surface area contributed by atoms with Gasteiger partial charge >= 0.3 is 0 Å². The van der Waals surface area contributed by atoms with Gasteiger partial charge in [0.15, 0.2) is 0 Å². The zero-order chi connectivity index (χ0) is 11.3. The first kappa shape index (κ1) is 11.4. The van der Waals surface area contributed by atoms with Crippen LogP contribution in [0.3, 0.4) is 0 Å². The van der Waals surface area contributed by atoms with E-state index in [1.54, 1.807) is 6.92 Å². The predicted octanol–water partition coefficient (Wildman–Crippen LogP) is 1.67. The summed E-state index contributed by atoms with van der Waals surface area (Å²) in [6, 6.07) is 1.44. The molecule has 0 fully saturated rings. The highest BCUT2D eigenvalue weighted by Crippen LogP contribution is 1.97. The first-order valence-electron chi connectivity index (χ1n) is 5.05. The number of rotatable bonds is 4. The fourth-order valence-corrected chi connectivity index (χ4v) is 1.17. The van der Waals surface area contributed by atoms with E-state index in [0.717, 1.165) is 18.6 Å². The van der Waals surface area contributed by atoms with Crippen molar-refractivity contribution in [1.29, 1.82) is 0 Å². The monoisotopic (exact) mass is 208 g/mol. The normalized spacial score (nSPS) is 9.80. The minimum Gasteiger partial charge on any atom is -0.291 e. The number of aromatic amines is 1. The zero-order valence-corrected chi connectivity index (χ0v) is 9.29. The Morgan fingerprint density at radius 2 is 2.20 bits per heavy atom. The molecule has 0 bridgehead atoms. The van der Waals surface area contributed by atoms with Crippen molar-refractivity contribution < 1.29 is 0 Å². The van der Waals surface area contributed by atoms with Crippen LogP contribution in [0.4, 0.5) is 5.95 Å². The molecule has 0 aliphatic carbocycles. The van der Waals surface area contributed by atoms with Crippen LogP contribution in [0.5, 0.6) is 0 Å². The number of aryl methyl sites for hydroxylation is 1. The number of nitrogens with zero attached hydrogens (tertiary/aromatic N) is 2. The molecule has 2 N–H and O–H groups in total. The minimum atomic E-state index is -0.172. The molecule has 0 aliphatic rings. The Morgan fingerprint density at radius 1 is 1.53 bits per heavy atom. The summed E-state index contributed by atoms with van der Waals surface area (Å²) >= 11 is 0. The third-order valence-electron chi connectivity index (χ3n) is 2.01. The van der Waals surface area contributed by atoms with Gasteiger partial charge in [0.2, 0.25) is 5.95 Å². The van der Waals surface area contributed by atoms with Crippen LogP contribution in [0.2, 0.25) is 0 Å². The van der Waals surface area contributed by atoms with Gasteiger partial charge in [-0.2, -0.15) is 5.10 Å². The smallest absolute Gasteiger partial charge is 0.252 e. The van der Waals surface area contributed by atoms with Gasteiger partial charge in [0.1, 0.15) is 0 Å². The van der Waals surface area contributed by atoms with Crippen molar-refractivity contribution in [3.05, 3.63) is 22.1 Å². The van der Waals surface area contributed by atoms with E-state index < -0.39 is 0 Å². The van der Waals surface area contributed by atoms with Crippen LogP contribution in [-0.4, -0.2) is 15.7 Å². The van der Waals surface area contributed by atoms with Crippen LogP contribution in [0.15, 0.2) is 16.0 Å². The van der Waals surface area contributed by atoms with Crippen LogP contribution in [0.25, 0.3) is 0 Å². The zero-order valence-electron chi connectivity index (χ0n) is 9.29. The van der Waals surface area contributed by atoms with Crippen molar-refractivity contribution in [2.45, 2.75) is 33.6 Å². The highest BCUT2D eigenvalue weighted by Gasteiger charge is 1.96. The molecule has 0 spiro atoms. The van der Waals surface area contributed by atoms with Crippen LogP contribution in [-0.2, 0) is 0 Å². The molecule has 0 aromatic carbocycles. The molecule has 0 atom stereocenters. The Hall–Kier alpha value is -1.65. The lowest BCUT2D eigenvalue weighted by Crippen LogP contribution is -2.11. The van der Waals surface area contributed by atoms with Gasteiger partial charge in [-0.15, -0.1) is 0 Å². The van der Waals surface area contributed by atoms with Gasteiger partial charge in [0.05, 0.1) is 0 Å². The van der Waals surface area contributed by atoms with E-state index in [4.69, 9.17) is 0 Å². The average Bonchev–Trinajstić information content (AvgIpc) is 2.18. The van der Waals surface area contributed by atoms with Crippen LogP contribution in [0.1, 0.15) is 32.4 Å². The maximum atomic E-state index is 11.1. The summed E-state index contributed by atoms with van der Waals surface area (Å²) in [5, 5.41) is 4.15. The Morgan fingerprint density at radius 3 is 2.73 bits per heavy atom. The van der Waals surface area contributed by atoms with E-state index in [-0.39, 0.29) is 5.56 Å². The van der Waals surface area contributed by atoms with Gasteiger partial charge < -0.3 is 0 Å². The maximum Gasteiger partial charge on any atom is 0.252 e. The standard InChI is InChI=1S/C10H16N4O/c1-4-8(5-2)13-14-10-11-7(3)6-9(15)12-10/h6H,4-5H2,1-3H3,(H2,11,12,14,15). The topological polar surface area (TPSA) is 70.1 Å². The van der Waals surface area contributed by atoms with E-state index in [1.807, 2.05) is 13.8 Å². The Labute approximate surface area is 88.6 Å². The average molecular weight is 208 g/mol. The van der Waals surface area contributed by atoms with Crippen molar-refractivity contribution in [1.82, 2.24) is 9.97 Å². The first-order chi connectivity index (χ1) is 7.15. The van der Waals surface area contributed by atoms with Crippen molar-refractivity contribution in [2.24, 2.45) is 5.10 Å². The number of anilines is 1. The highest BCUT2D eigenvalue weighted by molar-refractivity contribution is 5.84. The van der Waals surface area contributed by atoms with Crippen molar-refractivity contribution >= 4 is 11.7 Å². The number of hydrazone groups is 1. The molecule has 5 nitrogen and oxygen atoms in total. The SMILES string of the molecule is CCC(CC)=NNc1nc(C)cc(=O)[nH]1. The molecular weight excluding hydrogens is 192 g/mol. The molecule has 0 radical (unpaired) electrons. The summed E-state index contributed by atoms with van der Waals surface area (Å²) in [5.74, 6) is 0.388. The Balaban J connectivity index is 2.81. The van der Waals surface area contributed by atoms with Gasteiger partial charge in [-0.3, -0.25) is 9.78 Å². The lowest BCUT2D eigenvalue weighted by atomic mass is 10.2. The number of H-pyrrole nitrogens is 1. The summed E-state index contributed by atoms with van der Waals surface area (Å²) in [7, 11) is 0. The Bertz CT molecular complexity index is 402. The third-order valence-corrected chi connectivity index (χ3v) is 2.01. The molecule has 0 saturated heterocycles. The highest BCUT2D eigenvalue weighted by atomic mass is 16.1. The summed E-state index contributed by atoms with van der Waals surface area (Å²) in [5.41, 5.74) is 4.29. The lowest BCUT2D eigenvalue weighted by Gasteiger charge is -2.02. The van der Waals surface area contributed by atoms with Gasteiger partial charge in [0.25, 0.3) is 5.56 Å². The summed E-state index contributed by atoms with van der Waals surface area (Å²) in [6.45, 7) is 5.84. The fourth-order valence-electron chi connectivity index (χ4n) is 1.17. The van der Waals surface area contributed by atoms with Crippen LogP contribution < -0.4 is 11.0 Å². The van der Waals surface area contributed by atoms with Gasteiger partial charge in [0, 0.05) is 17.5 Å². The summed E-state index contributed by atoms with van der Waals surface area (Å²) < 4.78 is 0. The molecule has 0 amide bonds. The number of nitrogens with one attached hydrogen (secondary N) is 2. The molecule has 15 heavy (non-hydrogen) atoms. The van der Waals surface area contributed by atoms with Crippen LogP contribution in [0, 0.1) is 6.92 Å². The second kappa shape index (κ2) is 5.29. The van der Waals surface area contributed by atoms with E-state index in [9.17, 15) is 4.79 Å². The first-order valence-corrected chi connectivity index (χ1v) is 5.05. The van der Waals surface area contributed by atoms with E-state index >= 15 is 0 Å². The molecule has 1 aromatic rings. The van der Waals surface area contributed by atoms with E-state index in [0.29, 0.717) is 11.6 Å². The minimum absolute atomic E-state index is 0.172. The second-order valence-corrected chi connectivity index (χ2v) is 3.23. The largest absolute Gasteiger partial charge is 0.291 e. The molecule has 1 heterocycles. The van der Waals surface area contributed by atoms with E-state index in [2.05, 4.69) is 20.5 Å². The molecule has 0 saturated carbocycles. The summed E-state index contributed by atoms with van der Waals surface area (Å²) in [4.78, 5) is 17.8. The molecule has 0 unspecified atom stereocenters. The second-order valence-electron chi connectivity index (χ2n) is 3.23. The van der Waals surface area contributed by atoms with Gasteiger partial charge in [-0.1, -0.05) is 13.8 Å². The number of hydrogen-bond donors (Lipinski definition) is 2. The summed E-state index contributed by atoms with van der Waals surface area (Å²) in [6.07, 6.45) is 1.78. The van der Waals surface area contributed by atoms with Crippen molar-refractivity contribution in [3.63, 3.8) is 0 Å². The van der Waals surface area contributed by atoms with Gasteiger partial charge in [-0.05, 0) is 19.8 Å². The van der Waals surface area contributed by atoms with Crippen LogP contribution >= 0.6 is 0 Å². The molecule has 82 valence electrons. The fraction of sp³-hybridized carbons (Fsp3) is 0.500. The lowest BCUT2D eigenvalue weighted by molar-refractivity contribution is 1.03. The van der Waals surface area contributed by atoms with Crippen molar-refractivity contribution in [2.75, 3.05) is 5.43 Å². The Kier molecular flexibility index (Phi) is 4.03. The maximum absolute atomic E-state index is 11.1. The van der Waals surface area contributed by atoms with Gasteiger partial charge in [-0.25, -0.2) is 10.4 Å². The van der Waals surface area contributed by atoms with Crippen molar-refractivity contribution in [3.8, 4) is 0 Å². The predicted molar refractivity (Wildman–Crippen MR) is 61.2 cm³/mol.